The number of rotatable bonds is 6. The quantitative estimate of drug-likeness (QED) is 0.863. The lowest BCUT2D eigenvalue weighted by molar-refractivity contribution is -0.132. The van der Waals surface area contributed by atoms with Gasteiger partial charge >= 0.3 is 6.61 Å². The summed E-state index contributed by atoms with van der Waals surface area (Å²) < 4.78 is 28.2. The number of nitrogens with zero attached hydrogens (tertiary/aromatic N) is 1. The highest BCUT2D eigenvalue weighted by molar-refractivity contribution is 8.00. The third kappa shape index (κ3) is 4.89. The van der Waals surface area contributed by atoms with E-state index in [-0.39, 0.29) is 30.7 Å². The van der Waals surface area contributed by atoms with Crippen molar-refractivity contribution in [2.45, 2.75) is 13.2 Å². The van der Waals surface area contributed by atoms with Crippen molar-refractivity contribution in [3.63, 3.8) is 0 Å². The van der Waals surface area contributed by atoms with Gasteiger partial charge in [-0.25, -0.2) is 0 Å². The Morgan fingerprint density at radius 2 is 2.10 bits per heavy atom. The summed E-state index contributed by atoms with van der Waals surface area (Å²) in [5.41, 5.74) is 0.757. The van der Waals surface area contributed by atoms with Gasteiger partial charge in [-0.1, -0.05) is 12.1 Å². The molecule has 1 saturated heterocycles. The van der Waals surface area contributed by atoms with Crippen molar-refractivity contribution >= 4 is 23.6 Å². The van der Waals surface area contributed by atoms with E-state index in [0.29, 0.717) is 11.6 Å². The lowest BCUT2D eigenvalue weighted by atomic mass is 10.2. The number of alkyl halides is 2. The van der Waals surface area contributed by atoms with Crippen LogP contribution in [0.3, 0.4) is 0 Å². The Morgan fingerprint density at radius 1 is 1.38 bits per heavy atom. The van der Waals surface area contributed by atoms with Crippen molar-refractivity contribution in [3.05, 3.63) is 29.8 Å². The van der Waals surface area contributed by atoms with Gasteiger partial charge in [0.1, 0.15) is 12.3 Å². The minimum Gasteiger partial charge on any atom is -0.435 e. The lowest BCUT2D eigenvalue weighted by Crippen LogP contribution is -2.37. The van der Waals surface area contributed by atoms with E-state index in [1.807, 2.05) is 0 Å². The maximum atomic E-state index is 12.0. The topological polar surface area (TPSA) is 58.6 Å². The molecule has 5 nitrogen and oxygen atoms in total. The Bertz CT molecular complexity index is 511. The first-order valence-electron chi connectivity index (χ1n) is 6.20. The second kappa shape index (κ2) is 7.26. The van der Waals surface area contributed by atoms with E-state index < -0.39 is 6.61 Å². The maximum absolute atomic E-state index is 12.0. The molecule has 8 heteroatoms. The number of nitrogens with one attached hydrogen (secondary N) is 1. The molecule has 0 bridgehead atoms. The Labute approximate surface area is 124 Å². The number of thioether (sulfide) groups is 1. The molecule has 0 radical (unpaired) electrons. The molecule has 0 aromatic heterocycles. The van der Waals surface area contributed by atoms with E-state index in [9.17, 15) is 18.4 Å². The van der Waals surface area contributed by atoms with Crippen LogP contribution in [0.4, 0.5) is 8.78 Å². The predicted octanol–water partition coefficient (Wildman–Crippen LogP) is 1.44. The Hall–Kier alpha value is -1.83. The second-order valence-corrected chi connectivity index (χ2v) is 5.32. The highest BCUT2D eigenvalue weighted by Gasteiger charge is 2.22. The van der Waals surface area contributed by atoms with Crippen LogP contribution in [0.5, 0.6) is 5.75 Å². The van der Waals surface area contributed by atoms with Gasteiger partial charge in [0.25, 0.3) is 0 Å². The van der Waals surface area contributed by atoms with E-state index in [0.717, 1.165) is 5.56 Å². The van der Waals surface area contributed by atoms with Gasteiger partial charge in [-0.05, 0) is 17.7 Å². The fourth-order valence-corrected chi connectivity index (χ4v) is 2.66. The molecule has 0 unspecified atom stereocenters. The van der Waals surface area contributed by atoms with Crippen molar-refractivity contribution < 1.29 is 23.1 Å². The summed E-state index contributed by atoms with van der Waals surface area (Å²) in [5.74, 6) is 0.729. The molecular formula is C13H14F2N2O3S. The lowest BCUT2D eigenvalue weighted by Gasteiger charge is -2.14. The Balaban J connectivity index is 1.77. The predicted molar refractivity (Wildman–Crippen MR) is 74.0 cm³/mol. The highest BCUT2D eigenvalue weighted by Crippen LogP contribution is 2.15. The number of carbonyl (C=O) groups is 2. The van der Waals surface area contributed by atoms with Crippen LogP contribution in [0.25, 0.3) is 0 Å². The van der Waals surface area contributed by atoms with Crippen molar-refractivity contribution in [2.75, 3.05) is 18.2 Å². The standard InChI is InChI=1S/C13H14F2N2O3S/c14-13(15)20-10-3-1-9(2-4-10)5-16-11(18)6-17-8-21-7-12(17)19/h1-4,13H,5-8H2,(H,16,18). The van der Waals surface area contributed by atoms with Crippen LogP contribution < -0.4 is 10.1 Å². The van der Waals surface area contributed by atoms with Crippen molar-refractivity contribution in [1.29, 1.82) is 0 Å². The largest absolute Gasteiger partial charge is 0.435 e. The maximum Gasteiger partial charge on any atom is 0.387 e. The number of halogens is 2. The molecule has 1 aromatic rings. The van der Waals surface area contributed by atoms with Crippen LogP contribution in [-0.4, -0.2) is 41.5 Å². The molecule has 1 aromatic carbocycles. The number of carbonyl (C=O) groups excluding carboxylic acids is 2. The molecule has 0 spiro atoms. The smallest absolute Gasteiger partial charge is 0.387 e. The Morgan fingerprint density at radius 3 is 2.67 bits per heavy atom. The van der Waals surface area contributed by atoms with Crippen LogP contribution in [0.1, 0.15) is 5.56 Å². The molecule has 1 heterocycles. The van der Waals surface area contributed by atoms with Gasteiger partial charge < -0.3 is 15.0 Å². The first kappa shape index (κ1) is 15.6. The van der Waals surface area contributed by atoms with Gasteiger partial charge in [-0.3, -0.25) is 9.59 Å². The first-order valence-corrected chi connectivity index (χ1v) is 7.36. The third-order valence-electron chi connectivity index (χ3n) is 2.80. The average Bonchev–Trinajstić information content (AvgIpc) is 2.83. The molecule has 1 aliphatic rings. The van der Waals surface area contributed by atoms with Gasteiger partial charge in [0.15, 0.2) is 0 Å². The third-order valence-corrected chi connectivity index (χ3v) is 3.74. The molecule has 1 fully saturated rings. The highest BCUT2D eigenvalue weighted by atomic mass is 32.2. The normalized spacial score (nSPS) is 14.6. The van der Waals surface area contributed by atoms with E-state index in [2.05, 4.69) is 10.1 Å². The minimum atomic E-state index is -2.86. The Kier molecular flexibility index (Phi) is 5.38. The second-order valence-electron chi connectivity index (χ2n) is 4.37. The number of hydrogen-bond donors (Lipinski definition) is 1. The summed E-state index contributed by atoms with van der Waals surface area (Å²) in [7, 11) is 0. The molecule has 0 saturated carbocycles. The molecule has 21 heavy (non-hydrogen) atoms. The molecule has 0 aliphatic carbocycles. The van der Waals surface area contributed by atoms with Crippen LogP contribution in [0.2, 0.25) is 0 Å². The molecule has 0 atom stereocenters. The minimum absolute atomic E-state index is 0.0383. The summed E-state index contributed by atoms with van der Waals surface area (Å²) in [6.07, 6.45) is 0. The average molecular weight is 316 g/mol. The van der Waals surface area contributed by atoms with Gasteiger partial charge in [0.05, 0.1) is 11.6 Å². The van der Waals surface area contributed by atoms with Gasteiger partial charge in [0.2, 0.25) is 11.8 Å². The fourth-order valence-electron chi connectivity index (χ4n) is 1.76. The summed E-state index contributed by atoms with van der Waals surface area (Å²) in [6.45, 7) is -2.55. The van der Waals surface area contributed by atoms with E-state index in [1.165, 1.54) is 28.8 Å². The zero-order chi connectivity index (χ0) is 15.2. The summed E-state index contributed by atoms with van der Waals surface area (Å²) in [5, 5.41) is 2.68. The van der Waals surface area contributed by atoms with Crippen molar-refractivity contribution in [2.24, 2.45) is 0 Å². The summed E-state index contributed by atoms with van der Waals surface area (Å²) in [4.78, 5) is 24.5. The molecular weight excluding hydrogens is 302 g/mol. The number of amides is 2. The summed E-state index contributed by atoms with van der Waals surface area (Å²) in [6, 6.07) is 6.01. The molecule has 1 N–H and O–H groups in total. The van der Waals surface area contributed by atoms with Crippen LogP contribution >= 0.6 is 11.8 Å². The molecule has 114 valence electrons. The molecule has 2 rings (SSSR count). The van der Waals surface area contributed by atoms with Crippen LogP contribution in [0, 0.1) is 0 Å². The molecule has 1 aliphatic heterocycles. The summed E-state index contributed by atoms with van der Waals surface area (Å²) >= 11 is 1.47. The van der Waals surface area contributed by atoms with Gasteiger partial charge in [-0.15, -0.1) is 11.8 Å². The van der Waals surface area contributed by atoms with Gasteiger partial charge in [-0.2, -0.15) is 8.78 Å². The molecule has 2 amide bonds. The first-order chi connectivity index (χ1) is 10.0. The van der Waals surface area contributed by atoms with E-state index in [4.69, 9.17) is 0 Å². The SMILES string of the molecule is O=C(CN1CSCC1=O)NCc1ccc(OC(F)F)cc1. The zero-order valence-corrected chi connectivity index (χ0v) is 11.9. The van der Waals surface area contributed by atoms with E-state index in [1.54, 1.807) is 12.1 Å². The fraction of sp³-hybridized carbons (Fsp3) is 0.385. The monoisotopic (exact) mass is 316 g/mol. The number of ether oxygens (including phenoxy) is 1. The van der Waals surface area contributed by atoms with Crippen molar-refractivity contribution in [1.82, 2.24) is 10.2 Å². The van der Waals surface area contributed by atoms with E-state index >= 15 is 0 Å². The van der Waals surface area contributed by atoms with Crippen LogP contribution in [0.15, 0.2) is 24.3 Å². The zero-order valence-electron chi connectivity index (χ0n) is 11.1. The van der Waals surface area contributed by atoms with Crippen LogP contribution in [-0.2, 0) is 16.1 Å². The number of hydrogen-bond acceptors (Lipinski definition) is 4. The van der Waals surface area contributed by atoms with Crippen molar-refractivity contribution in [3.8, 4) is 5.75 Å². The van der Waals surface area contributed by atoms with Gasteiger partial charge in [0, 0.05) is 6.54 Å². The number of benzene rings is 1.